The topological polar surface area (TPSA) is 55.4 Å². The van der Waals surface area contributed by atoms with E-state index in [1.165, 1.54) is 7.11 Å². The lowest BCUT2D eigenvalue weighted by Crippen LogP contribution is -2.34. The van der Waals surface area contributed by atoms with E-state index in [0.29, 0.717) is 6.54 Å². The van der Waals surface area contributed by atoms with Crippen LogP contribution in [0.5, 0.6) is 0 Å². The van der Waals surface area contributed by atoms with Gasteiger partial charge < -0.3 is 4.74 Å². The van der Waals surface area contributed by atoms with Crippen LogP contribution in [0.3, 0.4) is 0 Å². The molecule has 0 spiro atoms. The van der Waals surface area contributed by atoms with E-state index in [9.17, 15) is 8.42 Å². The summed E-state index contributed by atoms with van der Waals surface area (Å²) in [5, 5.41) is 0. The monoisotopic (exact) mass is 315 g/mol. The summed E-state index contributed by atoms with van der Waals surface area (Å²) in [4.78, 5) is 0.157. The number of alkyl halides is 1. The fourth-order valence-corrected chi connectivity index (χ4v) is 3.55. The summed E-state index contributed by atoms with van der Waals surface area (Å²) in [7, 11) is -1.71. The predicted molar refractivity (Wildman–Crippen MR) is 70.5 cm³/mol. The van der Waals surface area contributed by atoms with Crippen molar-refractivity contribution in [1.82, 2.24) is 4.72 Å². The average molecular weight is 316 g/mol. The first-order chi connectivity index (χ1) is 7.16. The van der Waals surface area contributed by atoms with E-state index >= 15 is 0 Å². The molecule has 1 N–H and O–H groups in total. The quantitative estimate of drug-likeness (QED) is 0.728. The standard InChI is InChI=1S/C10H22BrNO3S/c1-10(2,3)7-9(11)8-12-16(13,14)6-5-15-4/h9,12H,5-8H2,1-4H3. The number of methoxy groups -OCH3 is 1. The number of halogens is 1. The molecule has 0 saturated carbocycles. The van der Waals surface area contributed by atoms with Gasteiger partial charge in [0.25, 0.3) is 0 Å². The van der Waals surface area contributed by atoms with Crippen LogP contribution in [0.4, 0.5) is 0 Å². The lowest BCUT2D eigenvalue weighted by molar-refractivity contribution is 0.217. The van der Waals surface area contributed by atoms with E-state index in [2.05, 4.69) is 41.4 Å². The maximum absolute atomic E-state index is 11.4. The molecule has 0 radical (unpaired) electrons. The Morgan fingerprint density at radius 3 is 2.38 bits per heavy atom. The Morgan fingerprint density at radius 2 is 1.94 bits per heavy atom. The van der Waals surface area contributed by atoms with Gasteiger partial charge in [-0.15, -0.1) is 0 Å². The molecular weight excluding hydrogens is 294 g/mol. The first-order valence-corrected chi connectivity index (χ1v) is 7.83. The Balaban J connectivity index is 3.95. The average Bonchev–Trinajstić information content (AvgIpc) is 2.09. The first kappa shape index (κ1) is 16.4. The summed E-state index contributed by atoms with van der Waals surface area (Å²) >= 11 is 3.48. The molecule has 1 unspecified atom stereocenters. The van der Waals surface area contributed by atoms with Crippen molar-refractivity contribution in [3.63, 3.8) is 0 Å². The molecule has 0 bridgehead atoms. The fourth-order valence-electron chi connectivity index (χ4n) is 1.22. The van der Waals surface area contributed by atoms with Gasteiger partial charge in [-0.2, -0.15) is 0 Å². The highest BCUT2D eigenvalue weighted by Crippen LogP contribution is 2.24. The van der Waals surface area contributed by atoms with Crippen molar-refractivity contribution in [2.24, 2.45) is 5.41 Å². The molecule has 0 heterocycles. The smallest absolute Gasteiger partial charge is 0.213 e. The van der Waals surface area contributed by atoms with Crippen molar-refractivity contribution in [2.45, 2.75) is 32.0 Å². The molecule has 0 aromatic heterocycles. The van der Waals surface area contributed by atoms with Crippen LogP contribution < -0.4 is 4.72 Å². The molecule has 0 rings (SSSR count). The van der Waals surface area contributed by atoms with Crippen LogP contribution in [0.15, 0.2) is 0 Å². The number of rotatable bonds is 7. The second-order valence-corrected chi connectivity index (χ2v) is 8.24. The Labute approximate surface area is 107 Å². The van der Waals surface area contributed by atoms with Gasteiger partial charge in [-0.25, -0.2) is 13.1 Å². The minimum Gasteiger partial charge on any atom is -0.384 e. The normalized spacial score (nSPS) is 15.1. The molecule has 6 heteroatoms. The van der Waals surface area contributed by atoms with Crippen molar-refractivity contribution in [3.8, 4) is 0 Å². The molecule has 0 amide bonds. The minimum absolute atomic E-state index is 0.0126. The van der Waals surface area contributed by atoms with Crippen molar-refractivity contribution < 1.29 is 13.2 Å². The minimum atomic E-state index is -3.20. The number of hydrogen-bond acceptors (Lipinski definition) is 3. The molecule has 4 nitrogen and oxygen atoms in total. The lowest BCUT2D eigenvalue weighted by Gasteiger charge is -2.22. The van der Waals surface area contributed by atoms with Crippen LogP contribution in [0.25, 0.3) is 0 Å². The number of sulfonamides is 1. The van der Waals surface area contributed by atoms with Gasteiger partial charge in [0.15, 0.2) is 0 Å². The van der Waals surface area contributed by atoms with Crippen LogP contribution >= 0.6 is 15.9 Å². The maximum Gasteiger partial charge on any atom is 0.213 e. The van der Waals surface area contributed by atoms with Gasteiger partial charge >= 0.3 is 0 Å². The van der Waals surface area contributed by atoms with Crippen LogP contribution in [-0.2, 0) is 14.8 Å². The maximum atomic E-state index is 11.4. The van der Waals surface area contributed by atoms with Gasteiger partial charge in [-0.05, 0) is 11.8 Å². The Morgan fingerprint density at radius 1 is 1.38 bits per heavy atom. The van der Waals surface area contributed by atoms with Crippen molar-refractivity contribution >= 4 is 26.0 Å². The first-order valence-electron chi connectivity index (χ1n) is 5.26. The molecule has 16 heavy (non-hydrogen) atoms. The molecule has 1 atom stereocenters. The van der Waals surface area contributed by atoms with Gasteiger partial charge in [-0.1, -0.05) is 36.7 Å². The van der Waals surface area contributed by atoms with Crippen LogP contribution in [-0.4, -0.2) is 39.3 Å². The Kier molecular flexibility index (Phi) is 7.09. The lowest BCUT2D eigenvalue weighted by atomic mass is 9.91. The molecule has 0 aromatic rings. The van der Waals surface area contributed by atoms with Crippen LogP contribution in [0.1, 0.15) is 27.2 Å². The molecule has 0 aliphatic carbocycles. The molecule has 0 fully saturated rings. The van der Waals surface area contributed by atoms with E-state index in [-0.39, 0.29) is 22.6 Å². The number of hydrogen-bond donors (Lipinski definition) is 1. The van der Waals surface area contributed by atoms with Gasteiger partial charge in [0.1, 0.15) is 0 Å². The second kappa shape index (κ2) is 6.93. The summed E-state index contributed by atoms with van der Waals surface area (Å²) in [6, 6.07) is 0. The van der Waals surface area contributed by atoms with Crippen LogP contribution in [0, 0.1) is 5.41 Å². The third kappa shape index (κ3) is 9.57. The number of nitrogens with one attached hydrogen (secondary N) is 1. The largest absolute Gasteiger partial charge is 0.384 e. The molecular formula is C10H22BrNO3S. The van der Waals surface area contributed by atoms with Crippen molar-refractivity contribution in [2.75, 3.05) is 26.0 Å². The van der Waals surface area contributed by atoms with Gasteiger partial charge in [0.2, 0.25) is 10.0 Å². The van der Waals surface area contributed by atoms with Gasteiger partial charge in [0.05, 0.1) is 12.4 Å². The summed E-state index contributed by atoms with van der Waals surface area (Å²) in [5.74, 6) is 0.0126. The van der Waals surface area contributed by atoms with Gasteiger partial charge in [-0.3, -0.25) is 0 Å². The van der Waals surface area contributed by atoms with E-state index in [4.69, 9.17) is 4.74 Å². The summed E-state index contributed by atoms with van der Waals surface area (Å²) in [6.07, 6.45) is 0.916. The molecule has 0 aliphatic rings. The van der Waals surface area contributed by atoms with E-state index in [1.807, 2.05) is 0 Å². The fraction of sp³-hybridized carbons (Fsp3) is 1.00. The highest BCUT2D eigenvalue weighted by atomic mass is 79.9. The zero-order chi connectivity index (χ0) is 12.8. The summed E-state index contributed by atoms with van der Waals surface area (Å²) in [5.41, 5.74) is 0.187. The zero-order valence-electron chi connectivity index (χ0n) is 10.4. The van der Waals surface area contributed by atoms with E-state index < -0.39 is 10.0 Å². The predicted octanol–water partition coefficient (Wildman–Crippen LogP) is 1.75. The van der Waals surface area contributed by atoms with Crippen molar-refractivity contribution in [3.05, 3.63) is 0 Å². The van der Waals surface area contributed by atoms with Gasteiger partial charge in [0, 0.05) is 18.5 Å². The summed E-state index contributed by atoms with van der Waals surface area (Å²) < 4.78 is 30.2. The zero-order valence-corrected chi connectivity index (χ0v) is 12.8. The highest BCUT2D eigenvalue weighted by molar-refractivity contribution is 9.09. The third-order valence-corrected chi connectivity index (χ3v) is 3.87. The SMILES string of the molecule is COCCS(=O)(=O)NCC(Br)CC(C)(C)C. The van der Waals surface area contributed by atoms with Crippen LogP contribution in [0.2, 0.25) is 0 Å². The summed E-state index contributed by atoms with van der Waals surface area (Å²) in [6.45, 7) is 7.02. The third-order valence-electron chi connectivity index (χ3n) is 1.91. The Hall–Kier alpha value is 0.350. The molecule has 0 aliphatic heterocycles. The van der Waals surface area contributed by atoms with Crippen molar-refractivity contribution in [1.29, 1.82) is 0 Å². The second-order valence-electron chi connectivity index (χ2n) is 5.02. The molecule has 0 saturated heterocycles. The highest BCUT2D eigenvalue weighted by Gasteiger charge is 2.18. The molecule has 98 valence electrons. The van der Waals surface area contributed by atoms with E-state index in [1.54, 1.807) is 0 Å². The Bertz CT molecular complexity index is 285. The molecule has 0 aromatic carbocycles. The number of ether oxygens (including phenoxy) is 1. The van der Waals surface area contributed by atoms with E-state index in [0.717, 1.165) is 6.42 Å².